The minimum Gasteiger partial charge on any atom is -0.493 e. The van der Waals surface area contributed by atoms with Crippen LogP contribution < -0.4 is 9.47 Å². The normalized spacial score (nSPS) is 13.9. The summed E-state index contributed by atoms with van der Waals surface area (Å²) in [4.78, 5) is 28.0. The molecule has 0 saturated carbocycles. The van der Waals surface area contributed by atoms with E-state index in [2.05, 4.69) is 0 Å². The predicted octanol–water partition coefficient (Wildman–Crippen LogP) is 2.65. The number of ether oxygens (including phenoxy) is 2. The zero-order valence-corrected chi connectivity index (χ0v) is 16.6. The van der Waals surface area contributed by atoms with Gasteiger partial charge in [-0.25, -0.2) is 13.2 Å². The number of nitrogens with zero attached hydrogens (tertiary/aromatic N) is 2. The molecule has 30 heavy (non-hydrogen) atoms. The van der Waals surface area contributed by atoms with Crippen LogP contribution in [0, 0.1) is 17.5 Å². The first-order chi connectivity index (χ1) is 14.3. The molecule has 0 atom stereocenters. The van der Waals surface area contributed by atoms with Crippen LogP contribution in [-0.2, 0) is 11.2 Å². The lowest BCUT2D eigenvalue weighted by molar-refractivity contribution is -0.131. The molecular formula is C21H21F3N2O4. The number of halogens is 3. The number of hydrogen-bond acceptors (Lipinski definition) is 4. The minimum atomic E-state index is -1.68. The second-order valence-electron chi connectivity index (χ2n) is 6.76. The van der Waals surface area contributed by atoms with Crippen LogP contribution in [0.5, 0.6) is 11.5 Å². The quantitative estimate of drug-likeness (QED) is 0.696. The highest BCUT2D eigenvalue weighted by Gasteiger charge is 2.28. The van der Waals surface area contributed by atoms with E-state index >= 15 is 0 Å². The number of hydrogen-bond donors (Lipinski definition) is 0. The van der Waals surface area contributed by atoms with Crippen LogP contribution in [0.25, 0.3) is 0 Å². The Bertz CT molecular complexity index is 960. The van der Waals surface area contributed by atoms with E-state index in [1.54, 1.807) is 23.1 Å². The van der Waals surface area contributed by atoms with Gasteiger partial charge in [0, 0.05) is 26.2 Å². The number of benzene rings is 2. The summed E-state index contributed by atoms with van der Waals surface area (Å²) in [5, 5.41) is 0. The topological polar surface area (TPSA) is 59.1 Å². The molecule has 0 unspecified atom stereocenters. The molecule has 9 heteroatoms. The van der Waals surface area contributed by atoms with E-state index in [0.29, 0.717) is 17.6 Å². The zero-order valence-electron chi connectivity index (χ0n) is 16.6. The molecule has 0 N–H and O–H groups in total. The fourth-order valence-electron chi connectivity index (χ4n) is 3.30. The first-order valence-corrected chi connectivity index (χ1v) is 9.27. The van der Waals surface area contributed by atoms with Gasteiger partial charge in [0.25, 0.3) is 5.91 Å². The molecule has 160 valence electrons. The van der Waals surface area contributed by atoms with Crippen LogP contribution in [-0.4, -0.2) is 62.0 Å². The van der Waals surface area contributed by atoms with Crippen LogP contribution >= 0.6 is 0 Å². The standard InChI is InChI=1S/C21H21F3N2O4/c1-29-16-6-3-13(11-17(16)30-2)12-18(27)25-7-9-26(10-8-25)21(28)14-4-5-15(22)20(24)19(14)23/h3-6,11H,7-10,12H2,1-2H3. The molecule has 0 spiro atoms. The van der Waals surface area contributed by atoms with Crippen molar-refractivity contribution in [2.45, 2.75) is 6.42 Å². The van der Waals surface area contributed by atoms with Crippen molar-refractivity contribution in [3.05, 3.63) is 58.9 Å². The summed E-state index contributed by atoms with van der Waals surface area (Å²) in [5.74, 6) is -4.32. The van der Waals surface area contributed by atoms with E-state index in [4.69, 9.17) is 9.47 Å². The first-order valence-electron chi connectivity index (χ1n) is 9.27. The third kappa shape index (κ3) is 4.34. The molecule has 1 fully saturated rings. The van der Waals surface area contributed by atoms with Gasteiger partial charge < -0.3 is 19.3 Å². The summed E-state index contributed by atoms with van der Waals surface area (Å²) in [6, 6.07) is 6.85. The smallest absolute Gasteiger partial charge is 0.257 e. The van der Waals surface area contributed by atoms with Gasteiger partial charge in [-0.3, -0.25) is 9.59 Å². The number of carbonyl (C=O) groups excluding carboxylic acids is 2. The van der Waals surface area contributed by atoms with Crippen LogP contribution in [0.4, 0.5) is 13.2 Å². The van der Waals surface area contributed by atoms with Crippen molar-refractivity contribution in [2.24, 2.45) is 0 Å². The average Bonchev–Trinajstić information content (AvgIpc) is 2.77. The first kappa shape index (κ1) is 21.5. The second kappa shape index (κ2) is 9.06. The van der Waals surface area contributed by atoms with Crippen LogP contribution in [0.2, 0.25) is 0 Å². The monoisotopic (exact) mass is 422 g/mol. The van der Waals surface area contributed by atoms with Gasteiger partial charge in [0.15, 0.2) is 29.0 Å². The molecule has 0 aromatic heterocycles. The van der Waals surface area contributed by atoms with Crippen LogP contribution in [0.3, 0.4) is 0 Å². The Hall–Kier alpha value is -3.23. The second-order valence-corrected chi connectivity index (χ2v) is 6.76. The van der Waals surface area contributed by atoms with Crippen LogP contribution in [0.15, 0.2) is 30.3 Å². The number of rotatable bonds is 5. The lowest BCUT2D eigenvalue weighted by Crippen LogP contribution is -2.51. The largest absolute Gasteiger partial charge is 0.493 e. The van der Waals surface area contributed by atoms with E-state index < -0.39 is 28.9 Å². The average molecular weight is 422 g/mol. The number of carbonyl (C=O) groups is 2. The molecule has 1 saturated heterocycles. The van der Waals surface area contributed by atoms with Crippen molar-refractivity contribution in [3.8, 4) is 11.5 Å². The summed E-state index contributed by atoms with van der Waals surface area (Å²) < 4.78 is 50.8. The lowest BCUT2D eigenvalue weighted by atomic mass is 10.1. The highest BCUT2D eigenvalue weighted by molar-refractivity contribution is 5.94. The SMILES string of the molecule is COc1ccc(CC(=O)N2CCN(C(=O)c3ccc(F)c(F)c3F)CC2)cc1OC. The summed E-state index contributed by atoms with van der Waals surface area (Å²) in [5.41, 5.74) is 0.221. The van der Waals surface area contributed by atoms with Crippen molar-refractivity contribution in [2.75, 3.05) is 40.4 Å². The Morgan fingerprint density at radius 3 is 2.13 bits per heavy atom. The van der Waals surface area contributed by atoms with Crippen molar-refractivity contribution in [1.82, 2.24) is 9.80 Å². The van der Waals surface area contributed by atoms with Gasteiger partial charge in [-0.1, -0.05) is 6.07 Å². The maximum absolute atomic E-state index is 13.9. The van der Waals surface area contributed by atoms with Crippen molar-refractivity contribution in [3.63, 3.8) is 0 Å². The van der Waals surface area contributed by atoms with Gasteiger partial charge in [-0.05, 0) is 29.8 Å². The highest BCUT2D eigenvalue weighted by Crippen LogP contribution is 2.28. The zero-order chi connectivity index (χ0) is 21.8. The fourth-order valence-corrected chi connectivity index (χ4v) is 3.30. The van der Waals surface area contributed by atoms with Gasteiger partial charge in [0.1, 0.15) is 0 Å². The number of piperazine rings is 1. The molecule has 0 radical (unpaired) electrons. The highest BCUT2D eigenvalue weighted by atomic mass is 19.2. The molecule has 6 nitrogen and oxygen atoms in total. The fraction of sp³-hybridized carbons (Fsp3) is 0.333. The molecule has 2 aromatic carbocycles. The van der Waals surface area contributed by atoms with E-state index in [1.165, 1.54) is 19.1 Å². The van der Waals surface area contributed by atoms with Gasteiger partial charge in [-0.2, -0.15) is 0 Å². The molecule has 1 aliphatic heterocycles. The molecular weight excluding hydrogens is 401 g/mol. The van der Waals surface area contributed by atoms with E-state index in [0.717, 1.165) is 11.6 Å². The maximum atomic E-state index is 13.9. The Morgan fingerprint density at radius 2 is 1.50 bits per heavy atom. The van der Waals surface area contributed by atoms with Gasteiger partial charge >= 0.3 is 0 Å². The maximum Gasteiger partial charge on any atom is 0.257 e. The third-order valence-electron chi connectivity index (χ3n) is 4.99. The summed E-state index contributed by atoms with van der Waals surface area (Å²) in [6.07, 6.45) is 0.145. The van der Waals surface area contributed by atoms with Gasteiger partial charge in [0.05, 0.1) is 26.2 Å². The predicted molar refractivity (Wildman–Crippen MR) is 102 cm³/mol. The lowest BCUT2D eigenvalue weighted by Gasteiger charge is -2.35. The Morgan fingerprint density at radius 1 is 0.867 bits per heavy atom. The van der Waals surface area contributed by atoms with Crippen molar-refractivity contribution < 1.29 is 32.2 Å². The Balaban J connectivity index is 1.61. The Kier molecular flexibility index (Phi) is 6.49. The molecule has 0 aliphatic carbocycles. The van der Waals surface area contributed by atoms with Gasteiger partial charge in [0.2, 0.25) is 5.91 Å². The third-order valence-corrected chi connectivity index (χ3v) is 4.99. The van der Waals surface area contributed by atoms with Crippen molar-refractivity contribution in [1.29, 1.82) is 0 Å². The molecule has 0 bridgehead atoms. The van der Waals surface area contributed by atoms with Crippen LogP contribution in [0.1, 0.15) is 15.9 Å². The van der Waals surface area contributed by atoms with Gasteiger partial charge in [-0.15, -0.1) is 0 Å². The minimum absolute atomic E-state index is 0.131. The summed E-state index contributed by atoms with van der Waals surface area (Å²) >= 11 is 0. The van der Waals surface area contributed by atoms with E-state index in [1.807, 2.05) is 0 Å². The number of methoxy groups -OCH3 is 2. The molecule has 2 amide bonds. The van der Waals surface area contributed by atoms with E-state index in [-0.39, 0.29) is 38.5 Å². The van der Waals surface area contributed by atoms with Crippen molar-refractivity contribution >= 4 is 11.8 Å². The molecule has 1 aliphatic rings. The summed E-state index contributed by atoms with van der Waals surface area (Å²) in [7, 11) is 3.03. The summed E-state index contributed by atoms with van der Waals surface area (Å²) in [6.45, 7) is 0.830. The molecule has 1 heterocycles. The molecule has 2 aromatic rings. The van der Waals surface area contributed by atoms with E-state index in [9.17, 15) is 22.8 Å². The molecule has 3 rings (SSSR count). The number of amides is 2. The Labute approximate surface area is 171 Å².